The maximum absolute atomic E-state index is 12.1. The van der Waals surface area contributed by atoms with Gasteiger partial charge in [0.1, 0.15) is 12.4 Å². The Balaban J connectivity index is 1.86. The average molecular weight is 243 g/mol. The normalized spacial score (nSPS) is 14.6. The molecule has 0 atom stereocenters. The van der Waals surface area contributed by atoms with E-state index in [9.17, 15) is 4.79 Å². The molecule has 1 aliphatic heterocycles. The molecule has 2 heterocycles. The summed E-state index contributed by atoms with van der Waals surface area (Å²) >= 11 is 0. The minimum atomic E-state index is 0.0183. The Morgan fingerprint density at radius 2 is 2.39 bits per heavy atom. The number of hydrogen-bond acceptors (Lipinski definition) is 4. The minimum absolute atomic E-state index is 0.0183. The van der Waals surface area contributed by atoms with Crippen LogP contribution >= 0.6 is 0 Å². The molecule has 0 amide bonds. The Morgan fingerprint density at radius 1 is 1.50 bits per heavy atom. The quantitative estimate of drug-likeness (QED) is 0.837. The van der Waals surface area contributed by atoms with E-state index in [-0.39, 0.29) is 12.2 Å². The fourth-order valence-corrected chi connectivity index (χ4v) is 2.04. The summed E-state index contributed by atoms with van der Waals surface area (Å²) in [4.78, 5) is 23.6. The summed E-state index contributed by atoms with van der Waals surface area (Å²) in [6.07, 6.45) is 0.235. The van der Waals surface area contributed by atoms with Crippen LogP contribution in [-0.4, -0.2) is 34.8 Å². The molecule has 0 saturated carbocycles. The average Bonchev–Trinajstić information content (AvgIpc) is 2.95. The molecular weight excluding hydrogens is 230 g/mol. The third-order valence-electron chi connectivity index (χ3n) is 2.88. The number of hydrogen-bond donors (Lipinski definition) is 1. The van der Waals surface area contributed by atoms with Gasteiger partial charge in [0.15, 0.2) is 11.7 Å². The van der Waals surface area contributed by atoms with Gasteiger partial charge in [-0.1, -0.05) is 0 Å². The molecule has 1 aromatic carbocycles. The van der Waals surface area contributed by atoms with E-state index in [0.717, 1.165) is 16.9 Å². The van der Waals surface area contributed by atoms with Gasteiger partial charge in [0.25, 0.3) is 0 Å². The van der Waals surface area contributed by atoms with Crippen LogP contribution in [0.4, 0.5) is 0 Å². The topological polar surface area (TPSA) is 67.3 Å². The van der Waals surface area contributed by atoms with E-state index >= 15 is 0 Å². The van der Waals surface area contributed by atoms with Crippen LogP contribution in [0.3, 0.4) is 0 Å². The number of nitrogens with one attached hydrogen (secondary N) is 1. The molecule has 0 spiro atoms. The van der Waals surface area contributed by atoms with E-state index in [0.29, 0.717) is 24.6 Å². The zero-order chi connectivity index (χ0) is 12.5. The SMILES string of the molecule is Cc1nc2ccc(C(=O)CC3=NCCO3)cc2[nH]1. The number of carbonyl (C=O) groups excluding carboxylic acids is 1. The molecule has 0 fully saturated rings. The first-order valence-corrected chi connectivity index (χ1v) is 5.88. The first-order chi connectivity index (χ1) is 8.72. The number of ether oxygens (including phenoxy) is 1. The molecule has 0 saturated heterocycles. The molecule has 1 N–H and O–H groups in total. The van der Waals surface area contributed by atoms with Crippen molar-refractivity contribution in [1.82, 2.24) is 9.97 Å². The summed E-state index contributed by atoms with van der Waals surface area (Å²) in [5.74, 6) is 1.41. The van der Waals surface area contributed by atoms with Crippen LogP contribution in [0.15, 0.2) is 23.2 Å². The van der Waals surface area contributed by atoms with Crippen molar-refractivity contribution in [3.8, 4) is 0 Å². The predicted octanol–water partition coefficient (Wildman–Crippen LogP) is 1.87. The minimum Gasteiger partial charge on any atom is -0.479 e. The Labute approximate surface area is 104 Å². The number of Topliss-reactive ketones (excluding diaryl/α,β-unsaturated/α-hetero) is 1. The summed E-state index contributed by atoms with van der Waals surface area (Å²) in [6.45, 7) is 3.13. The van der Waals surface area contributed by atoms with Crippen molar-refractivity contribution >= 4 is 22.7 Å². The van der Waals surface area contributed by atoms with E-state index in [1.807, 2.05) is 19.1 Å². The summed E-state index contributed by atoms with van der Waals surface area (Å²) in [5, 5.41) is 0. The molecule has 0 unspecified atom stereocenters. The number of aliphatic imine (C=N–C) groups is 1. The van der Waals surface area contributed by atoms with Crippen molar-refractivity contribution in [1.29, 1.82) is 0 Å². The number of carbonyl (C=O) groups is 1. The number of imidazole rings is 1. The van der Waals surface area contributed by atoms with Gasteiger partial charge in [0, 0.05) is 5.56 Å². The number of aromatic amines is 1. The van der Waals surface area contributed by atoms with Gasteiger partial charge in [-0.15, -0.1) is 0 Å². The van der Waals surface area contributed by atoms with E-state index in [4.69, 9.17) is 4.74 Å². The molecule has 0 radical (unpaired) electrons. The highest BCUT2D eigenvalue weighted by atomic mass is 16.5. The van der Waals surface area contributed by atoms with Crippen molar-refractivity contribution in [2.24, 2.45) is 4.99 Å². The third kappa shape index (κ3) is 1.99. The van der Waals surface area contributed by atoms with Gasteiger partial charge >= 0.3 is 0 Å². The van der Waals surface area contributed by atoms with Crippen molar-refractivity contribution < 1.29 is 9.53 Å². The lowest BCUT2D eigenvalue weighted by atomic mass is 10.1. The van der Waals surface area contributed by atoms with Crippen LogP contribution in [0.25, 0.3) is 11.0 Å². The lowest BCUT2D eigenvalue weighted by Crippen LogP contribution is -2.08. The molecule has 92 valence electrons. The highest BCUT2D eigenvalue weighted by Gasteiger charge is 2.15. The van der Waals surface area contributed by atoms with Gasteiger partial charge in [0.05, 0.1) is 24.0 Å². The van der Waals surface area contributed by atoms with Crippen molar-refractivity contribution in [3.05, 3.63) is 29.6 Å². The van der Waals surface area contributed by atoms with Crippen molar-refractivity contribution in [3.63, 3.8) is 0 Å². The molecule has 0 aliphatic carbocycles. The number of fused-ring (bicyclic) bond motifs is 1. The molecule has 18 heavy (non-hydrogen) atoms. The fourth-order valence-electron chi connectivity index (χ4n) is 2.04. The van der Waals surface area contributed by atoms with E-state index in [1.54, 1.807) is 6.07 Å². The van der Waals surface area contributed by atoms with Gasteiger partial charge in [0.2, 0.25) is 0 Å². The number of H-pyrrole nitrogens is 1. The van der Waals surface area contributed by atoms with Crippen LogP contribution < -0.4 is 0 Å². The van der Waals surface area contributed by atoms with Crippen LogP contribution in [-0.2, 0) is 4.74 Å². The molecule has 3 rings (SSSR count). The van der Waals surface area contributed by atoms with Gasteiger partial charge < -0.3 is 9.72 Å². The summed E-state index contributed by atoms with van der Waals surface area (Å²) in [7, 11) is 0. The fraction of sp³-hybridized carbons (Fsp3) is 0.308. The van der Waals surface area contributed by atoms with Crippen molar-refractivity contribution in [2.45, 2.75) is 13.3 Å². The molecular formula is C13H13N3O2. The Bertz CT molecular complexity index is 643. The zero-order valence-corrected chi connectivity index (χ0v) is 10.1. The molecule has 5 heteroatoms. The summed E-state index contributed by atoms with van der Waals surface area (Å²) in [5.41, 5.74) is 2.41. The highest BCUT2D eigenvalue weighted by Crippen LogP contribution is 2.15. The number of aryl methyl sites for hydroxylation is 1. The smallest absolute Gasteiger partial charge is 0.191 e. The highest BCUT2D eigenvalue weighted by molar-refractivity contribution is 6.08. The first-order valence-electron chi connectivity index (χ1n) is 5.88. The number of aromatic nitrogens is 2. The molecule has 2 aromatic rings. The molecule has 0 bridgehead atoms. The standard InChI is InChI=1S/C13H13N3O2/c1-8-15-10-3-2-9(6-11(10)16-8)12(17)7-13-14-4-5-18-13/h2-3,6H,4-5,7H2,1H3,(H,15,16). The second-order valence-electron chi connectivity index (χ2n) is 4.28. The largest absolute Gasteiger partial charge is 0.479 e. The van der Waals surface area contributed by atoms with Gasteiger partial charge in [-0.2, -0.15) is 0 Å². The number of rotatable bonds is 3. The van der Waals surface area contributed by atoms with E-state index < -0.39 is 0 Å². The van der Waals surface area contributed by atoms with Gasteiger partial charge in [-0.25, -0.2) is 4.98 Å². The summed E-state index contributed by atoms with van der Waals surface area (Å²) in [6, 6.07) is 5.47. The van der Waals surface area contributed by atoms with Crippen LogP contribution in [0, 0.1) is 6.92 Å². The van der Waals surface area contributed by atoms with Crippen LogP contribution in [0.1, 0.15) is 22.6 Å². The third-order valence-corrected chi connectivity index (χ3v) is 2.88. The lowest BCUT2D eigenvalue weighted by molar-refractivity contribution is 0.0995. The second-order valence-corrected chi connectivity index (χ2v) is 4.28. The van der Waals surface area contributed by atoms with Crippen LogP contribution in [0.5, 0.6) is 0 Å². The van der Waals surface area contributed by atoms with E-state index in [2.05, 4.69) is 15.0 Å². The maximum Gasteiger partial charge on any atom is 0.191 e. The Hall–Kier alpha value is -2.17. The molecule has 1 aliphatic rings. The maximum atomic E-state index is 12.1. The first kappa shape index (κ1) is 11.0. The number of nitrogens with zero attached hydrogens (tertiary/aromatic N) is 2. The predicted molar refractivity (Wildman–Crippen MR) is 68.0 cm³/mol. The number of benzene rings is 1. The van der Waals surface area contributed by atoms with Crippen LogP contribution in [0.2, 0.25) is 0 Å². The molecule has 1 aromatic heterocycles. The van der Waals surface area contributed by atoms with Gasteiger partial charge in [-0.05, 0) is 25.1 Å². The lowest BCUT2D eigenvalue weighted by Gasteiger charge is -2.01. The van der Waals surface area contributed by atoms with E-state index in [1.165, 1.54) is 0 Å². The van der Waals surface area contributed by atoms with Crippen molar-refractivity contribution in [2.75, 3.05) is 13.2 Å². The number of ketones is 1. The monoisotopic (exact) mass is 243 g/mol. The Kier molecular flexibility index (Phi) is 2.59. The molecule has 5 nitrogen and oxygen atoms in total. The zero-order valence-electron chi connectivity index (χ0n) is 10.1. The van der Waals surface area contributed by atoms with Gasteiger partial charge in [-0.3, -0.25) is 9.79 Å². The Morgan fingerprint density at radius 3 is 3.17 bits per heavy atom. The second kappa shape index (κ2) is 4.25. The summed E-state index contributed by atoms with van der Waals surface area (Å²) < 4.78 is 5.25.